The third-order valence-corrected chi connectivity index (χ3v) is 8.40. The number of hydrogen-bond donors (Lipinski definition) is 8. The predicted octanol–water partition coefficient (Wildman–Crippen LogP) is 4.61. The average Bonchev–Trinajstić information content (AvgIpc) is 4.00. The Balaban J connectivity index is 0.000000178. The van der Waals surface area contributed by atoms with E-state index in [-0.39, 0.29) is 42.1 Å². The summed E-state index contributed by atoms with van der Waals surface area (Å²) in [5.74, 6) is -3.16. The first-order chi connectivity index (χ1) is 27.0. The normalized spacial score (nSPS) is 12.1. The van der Waals surface area contributed by atoms with E-state index in [0.29, 0.717) is 11.4 Å². The van der Waals surface area contributed by atoms with Crippen molar-refractivity contribution in [3.63, 3.8) is 0 Å². The molecule has 1 atom stereocenters. The monoisotopic (exact) mass is 751 g/mol. The van der Waals surface area contributed by atoms with Crippen molar-refractivity contribution in [3.8, 4) is 0 Å². The fourth-order valence-corrected chi connectivity index (χ4v) is 5.70. The maximum Gasteiger partial charge on any atom is 0.326 e. The molecule has 1 aromatic carbocycles. The van der Waals surface area contributed by atoms with Gasteiger partial charge in [-0.3, -0.25) is 19.4 Å². The quantitative estimate of drug-likeness (QED) is 0.100. The zero-order valence-corrected chi connectivity index (χ0v) is 29.4. The number of aromatic amines is 3. The van der Waals surface area contributed by atoms with E-state index in [1.165, 1.54) is 18.3 Å². The van der Waals surface area contributed by atoms with Crippen molar-refractivity contribution < 1.29 is 24.6 Å². The van der Waals surface area contributed by atoms with Gasteiger partial charge in [0.1, 0.15) is 6.04 Å². The van der Waals surface area contributed by atoms with Gasteiger partial charge < -0.3 is 36.5 Å². The number of H-pyrrole nitrogens is 3. The summed E-state index contributed by atoms with van der Waals surface area (Å²) < 4.78 is 0. The lowest BCUT2D eigenvalue weighted by molar-refractivity contribution is -0.140. The largest absolute Gasteiger partial charge is 0.481 e. The Morgan fingerprint density at radius 3 is 1.86 bits per heavy atom. The molecule has 280 valence electrons. The SMILES string of the molecule is C1=Cc2cc3ccc(cc4ccc(cc5nc(cc1n2)C=C5)[nH]4)[nH]3.Nc1nc2ncc(CNc3ccc(C(=O)NC(CCC(=O)O)C(=O)O)cc3)nc2c(=O)[nH]1. The van der Waals surface area contributed by atoms with E-state index in [0.717, 1.165) is 44.8 Å². The molecule has 0 fully saturated rings. The average molecular weight is 752 g/mol. The molecule has 17 heteroatoms. The summed E-state index contributed by atoms with van der Waals surface area (Å²) in [5.41, 5.74) is 14.3. The van der Waals surface area contributed by atoms with E-state index in [4.69, 9.17) is 15.9 Å². The maximum atomic E-state index is 12.3. The van der Waals surface area contributed by atoms with Crippen molar-refractivity contribution in [2.75, 3.05) is 11.1 Å². The lowest BCUT2D eigenvalue weighted by atomic mass is 10.1. The summed E-state index contributed by atoms with van der Waals surface area (Å²) in [4.78, 5) is 76.6. The van der Waals surface area contributed by atoms with Gasteiger partial charge in [-0.1, -0.05) is 0 Å². The summed E-state index contributed by atoms with van der Waals surface area (Å²) >= 11 is 0. The van der Waals surface area contributed by atoms with E-state index >= 15 is 0 Å². The lowest BCUT2D eigenvalue weighted by Crippen LogP contribution is -2.41. The van der Waals surface area contributed by atoms with Crippen LogP contribution < -0.4 is 21.9 Å². The number of hydrogen-bond acceptors (Lipinski definition) is 11. The van der Waals surface area contributed by atoms with Crippen LogP contribution in [0.2, 0.25) is 0 Å². The highest BCUT2D eigenvalue weighted by atomic mass is 16.4. The standard InChI is InChI=1S/C20H14N4.C19H19N7O6/c1-2-14-10-16-5-6-18(23-16)12-20-8-7-19(24-20)11-17-4-3-15(22-17)9-13(1)21-14;20-19-25-15-14(17(30)26-19)23-11(8-22-15)7-21-10-3-1-9(2-4-10)16(29)24-12(18(31)32)5-6-13(27)28/h1-12,21-22H;1-4,8,12,21H,5-7H2,(H,24,29)(H,27,28)(H,31,32)(H3,20,22,25,26,30). The molecule has 1 amide bonds. The van der Waals surface area contributed by atoms with Crippen LogP contribution in [0.1, 0.15) is 51.7 Å². The minimum Gasteiger partial charge on any atom is -0.481 e. The number of nitrogens with zero attached hydrogens (tertiary/aromatic N) is 5. The third-order valence-electron chi connectivity index (χ3n) is 8.40. The Labute approximate surface area is 316 Å². The van der Waals surface area contributed by atoms with Crippen LogP contribution in [0.15, 0.2) is 83.8 Å². The van der Waals surface area contributed by atoms with Crippen LogP contribution in [-0.2, 0) is 16.1 Å². The molecule has 0 saturated carbocycles. The van der Waals surface area contributed by atoms with Crippen molar-refractivity contribution in [1.29, 1.82) is 0 Å². The number of amides is 1. The fraction of sp³-hybridized carbons (Fsp3) is 0.103. The van der Waals surface area contributed by atoms with Gasteiger partial charge in [-0.15, -0.1) is 0 Å². The summed E-state index contributed by atoms with van der Waals surface area (Å²) in [6.07, 6.45) is 8.89. The predicted molar refractivity (Wildman–Crippen MR) is 211 cm³/mol. The lowest BCUT2D eigenvalue weighted by Gasteiger charge is -2.14. The maximum absolute atomic E-state index is 12.3. The molecule has 0 spiro atoms. The first-order valence-electron chi connectivity index (χ1n) is 17.2. The van der Waals surface area contributed by atoms with Crippen LogP contribution in [-0.4, -0.2) is 74.0 Å². The molecule has 0 saturated heterocycles. The number of aromatic nitrogens is 8. The van der Waals surface area contributed by atoms with E-state index in [9.17, 15) is 19.2 Å². The molecule has 7 heterocycles. The number of fused-ring (bicyclic) bond motifs is 9. The van der Waals surface area contributed by atoms with Crippen molar-refractivity contribution in [2.45, 2.75) is 25.4 Å². The number of aliphatic carboxylic acids is 2. The van der Waals surface area contributed by atoms with E-state index in [2.05, 4.69) is 80.8 Å². The van der Waals surface area contributed by atoms with Crippen LogP contribution in [0.4, 0.5) is 11.6 Å². The highest BCUT2D eigenvalue weighted by Crippen LogP contribution is 2.18. The summed E-state index contributed by atoms with van der Waals surface area (Å²) in [5, 5.41) is 23.2. The number of nitrogens with one attached hydrogen (secondary N) is 5. The van der Waals surface area contributed by atoms with Crippen LogP contribution in [0.3, 0.4) is 0 Å². The number of anilines is 2. The molecule has 2 aliphatic rings. The number of carboxylic acids is 2. The van der Waals surface area contributed by atoms with Crippen LogP contribution in [0.5, 0.6) is 0 Å². The number of carbonyl (C=O) groups is 3. The van der Waals surface area contributed by atoms with Gasteiger partial charge in [0.15, 0.2) is 11.2 Å². The van der Waals surface area contributed by atoms with Gasteiger partial charge >= 0.3 is 11.9 Å². The van der Waals surface area contributed by atoms with Gasteiger partial charge in [-0.2, -0.15) is 4.98 Å². The number of carbonyl (C=O) groups excluding carboxylic acids is 1. The molecule has 2 aliphatic heterocycles. The van der Waals surface area contributed by atoms with Gasteiger partial charge in [0.2, 0.25) is 5.95 Å². The second kappa shape index (κ2) is 16.0. The second-order valence-electron chi connectivity index (χ2n) is 12.6. The number of rotatable bonds is 9. The van der Waals surface area contributed by atoms with Gasteiger partial charge in [0.25, 0.3) is 11.5 Å². The summed E-state index contributed by atoms with van der Waals surface area (Å²) in [6.45, 7) is 0.231. The molecule has 8 rings (SSSR count). The van der Waals surface area contributed by atoms with Gasteiger partial charge in [0.05, 0.1) is 41.2 Å². The van der Waals surface area contributed by atoms with Crippen LogP contribution >= 0.6 is 0 Å². The summed E-state index contributed by atoms with van der Waals surface area (Å²) in [7, 11) is 0. The van der Waals surface area contributed by atoms with Crippen molar-refractivity contribution >= 4 is 87.0 Å². The number of benzene rings is 1. The number of nitrogen functional groups attached to an aromatic ring is 1. The first kappa shape index (κ1) is 36.4. The molecule has 1 unspecified atom stereocenters. The van der Waals surface area contributed by atoms with Crippen molar-refractivity contribution in [3.05, 3.63) is 123 Å². The molecule has 9 N–H and O–H groups in total. The number of nitrogens with two attached hydrogens (primary N) is 1. The highest BCUT2D eigenvalue weighted by Gasteiger charge is 2.21. The molecular weight excluding hydrogens is 718 g/mol. The third kappa shape index (κ3) is 9.15. The molecule has 6 aromatic rings. The molecular formula is C39H33N11O6. The smallest absolute Gasteiger partial charge is 0.326 e. The highest BCUT2D eigenvalue weighted by molar-refractivity contribution is 5.97. The zero-order chi connectivity index (χ0) is 39.2. The van der Waals surface area contributed by atoms with E-state index in [1.54, 1.807) is 12.1 Å². The topological polar surface area (TPSA) is 271 Å². The Morgan fingerprint density at radius 1 is 0.714 bits per heavy atom. The Morgan fingerprint density at radius 2 is 1.29 bits per heavy atom. The second-order valence-corrected chi connectivity index (χ2v) is 12.6. The Hall–Kier alpha value is -7.95. The van der Waals surface area contributed by atoms with Crippen molar-refractivity contribution in [2.24, 2.45) is 0 Å². The Bertz CT molecular complexity index is 2680. The molecule has 5 aromatic heterocycles. The number of carboxylic acid groups (broad SMARTS) is 2. The molecule has 17 nitrogen and oxygen atoms in total. The molecule has 56 heavy (non-hydrogen) atoms. The van der Waals surface area contributed by atoms with Gasteiger partial charge in [0, 0.05) is 39.7 Å². The zero-order valence-electron chi connectivity index (χ0n) is 29.4. The van der Waals surface area contributed by atoms with Crippen LogP contribution in [0.25, 0.3) is 57.5 Å². The molecule has 0 radical (unpaired) electrons. The van der Waals surface area contributed by atoms with Crippen LogP contribution in [0, 0.1) is 0 Å². The Kier molecular flexibility index (Phi) is 10.4. The van der Waals surface area contributed by atoms with E-state index in [1.807, 2.05) is 42.5 Å². The fourth-order valence-electron chi connectivity index (χ4n) is 5.70. The first-order valence-corrected chi connectivity index (χ1v) is 17.2. The minimum atomic E-state index is -1.31. The van der Waals surface area contributed by atoms with Gasteiger partial charge in [-0.25, -0.2) is 24.7 Å². The molecule has 8 bridgehead atoms. The van der Waals surface area contributed by atoms with E-state index < -0.39 is 29.4 Å². The molecule has 0 aliphatic carbocycles. The summed E-state index contributed by atoms with van der Waals surface area (Å²) in [6, 6.07) is 21.3. The van der Waals surface area contributed by atoms with Crippen molar-refractivity contribution in [1.82, 2.24) is 45.2 Å². The van der Waals surface area contributed by atoms with Gasteiger partial charge in [-0.05, 0) is 104 Å². The minimum absolute atomic E-state index is 0.0524.